The van der Waals surface area contributed by atoms with Crippen LogP contribution in [0.3, 0.4) is 0 Å². The predicted molar refractivity (Wildman–Crippen MR) is 103 cm³/mol. The molecule has 1 aliphatic rings. The van der Waals surface area contributed by atoms with E-state index >= 15 is 0 Å². The van der Waals surface area contributed by atoms with E-state index in [0.717, 1.165) is 17.7 Å². The summed E-state index contributed by atoms with van der Waals surface area (Å²) in [6.07, 6.45) is 9.12. The van der Waals surface area contributed by atoms with E-state index in [0.29, 0.717) is 21.7 Å². The largest absolute Gasteiger partial charge is 0.347 e. The number of aromatic nitrogens is 2. The number of nitrogens with zero attached hydrogens (tertiary/aromatic N) is 2. The SMILES string of the molecule is Cn1nccc1-c1cc(C(=O)N[C@H](CN)CC2CCCCC2)sc1Cl. The highest BCUT2D eigenvalue weighted by Gasteiger charge is 2.22. The van der Waals surface area contributed by atoms with Crippen LogP contribution in [0.4, 0.5) is 0 Å². The molecule has 1 fully saturated rings. The average Bonchev–Trinajstić information content (AvgIpc) is 3.20. The third kappa shape index (κ3) is 4.43. The van der Waals surface area contributed by atoms with Crippen LogP contribution in [0.5, 0.6) is 0 Å². The minimum atomic E-state index is -0.0911. The summed E-state index contributed by atoms with van der Waals surface area (Å²) in [5.41, 5.74) is 7.64. The van der Waals surface area contributed by atoms with Crippen molar-refractivity contribution in [3.63, 3.8) is 0 Å². The predicted octanol–water partition coefficient (Wildman–Crippen LogP) is 3.83. The Bertz CT molecular complexity index is 720. The number of nitrogens with one attached hydrogen (secondary N) is 1. The topological polar surface area (TPSA) is 72.9 Å². The number of carbonyl (C=O) groups is 1. The molecule has 136 valence electrons. The number of thiophene rings is 1. The van der Waals surface area contributed by atoms with Crippen LogP contribution >= 0.6 is 22.9 Å². The first kappa shape index (κ1) is 18.4. The summed E-state index contributed by atoms with van der Waals surface area (Å²) in [5, 5.41) is 7.26. The summed E-state index contributed by atoms with van der Waals surface area (Å²) >= 11 is 7.65. The molecular formula is C18H25ClN4OS. The van der Waals surface area contributed by atoms with Gasteiger partial charge in [-0.1, -0.05) is 43.7 Å². The fourth-order valence-electron chi connectivity index (χ4n) is 3.59. The smallest absolute Gasteiger partial charge is 0.261 e. The van der Waals surface area contributed by atoms with E-state index in [1.54, 1.807) is 10.9 Å². The number of aryl methyl sites for hydroxylation is 1. The first-order chi connectivity index (χ1) is 12.1. The summed E-state index contributed by atoms with van der Waals surface area (Å²) in [7, 11) is 1.86. The van der Waals surface area contributed by atoms with Crippen molar-refractivity contribution >= 4 is 28.8 Å². The lowest BCUT2D eigenvalue weighted by Crippen LogP contribution is -2.41. The van der Waals surface area contributed by atoms with Gasteiger partial charge in [0.25, 0.3) is 5.91 Å². The molecule has 0 spiro atoms. The van der Waals surface area contributed by atoms with Crippen LogP contribution < -0.4 is 11.1 Å². The van der Waals surface area contributed by atoms with Gasteiger partial charge in [-0.15, -0.1) is 11.3 Å². The zero-order valence-corrected chi connectivity index (χ0v) is 16.1. The van der Waals surface area contributed by atoms with E-state index in [1.165, 1.54) is 43.4 Å². The summed E-state index contributed by atoms with van der Waals surface area (Å²) in [6.45, 7) is 0.468. The Morgan fingerprint density at radius 3 is 2.88 bits per heavy atom. The quantitative estimate of drug-likeness (QED) is 0.799. The van der Waals surface area contributed by atoms with Gasteiger partial charge in [0.2, 0.25) is 0 Å². The number of nitrogens with two attached hydrogens (primary N) is 1. The molecule has 3 N–H and O–H groups in total. The molecule has 2 aromatic rings. The molecule has 1 amide bonds. The van der Waals surface area contributed by atoms with Gasteiger partial charge in [-0.2, -0.15) is 5.10 Å². The third-order valence-corrected chi connectivity index (χ3v) is 6.33. The van der Waals surface area contributed by atoms with Crippen molar-refractivity contribution in [2.75, 3.05) is 6.54 Å². The molecular weight excluding hydrogens is 356 g/mol. The number of carbonyl (C=O) groups excluding carboxylic acids is 1. The number of amides is 1. The van der Waals surface area contributed by atoms with Crippen LogP contribution in [0.1, 0.15) is 48.2 Å². The van der Waals surface area contributed by atoms with Crippen LogP contribution in [0, 0.1) is 5.92 Å². The Labute approximate surface area is 157 Å². The van der Waals surface area contributed by atoms with Crippen molar-refractivity contribution in [1.29, 1.82) is 0 Å². The maximum Gasteiger partial charge on any atom is 0.261 e. The molecule has 1 aliphatic carbocycles. The molecule has 7 heteroatoms. The number of hydrogen-bond donors (Lipinski definition) is 2. The zero-order chi connectivity index (χ0) is 17.8. The molecule has 0 aliphatic heterocycles. The van der Waals surface area contributed by atoms with Gasteiger partial charge in [-0.05, 0) is 24.5 Å². The van der Waals surface area contributed by atoms with E-state index in [-0.39, 0.29) is 11.9 Å². The summed E-state index contributed by atoms with van der Waals surface area (Å²) < 4.78 is 2.35. The second-order valence-corrected chi connectivity index (χ2v) is 8.44. The Morgan fingerprint density at radius 2 is 2.24 bits per heavy atom. The van der Waals surface area contributed by atoms with Crippen LogP contribution in [0.15, 0.2) is 18.3 Å². The van der Waals surface area contributed by atoms with E-state index < -0.39 is 0 Å². The second-order valence-electron chi connectivity index (χ2n) is 6.78. The van der Waals surface area contributed by atoms with Gasteiger partial charge in [-0.3, -0.25) is 9.48 Å². The van der Waals surface area contributed by atoms with Gasteiger partial charge in [0.05, 0.1) is 10.6 Å². The van der Waals surface area contributed by atoms with Crippen molar-refractivity contribution in [3.05, 3.63) is 27.5 Å². The maximum atomic E-state index is 12.6. The Balaban J connectivity index is 1.67. The first-order valence-electron chi connectivity index (χ1n) is 8.87. The molecule has 1 saturated carbocycles. The summed E-state index contributed by atoms with van der Waals surface area (Å²) in [6, 6.07) is 3.76. The van der Waals surface area contributed by atoms with Gasteiger partial charge < -0.3 is 11.1 Å². The first-order valence-corrected chi connectivity index (χ1v) is 10.1. The van der Waals surface area contributed by atoms with Crippen LogP contribution in [0.2, 0.25) is 4.34 Å². The molecule has 0 unspecified atom stereocenters. The molecule has 2 heterocycles. The molecule has 0 aromatic carbocycles. The number of hydrogen-bond acceptors (Lipinski definition) is 4. The van der Waals surface area contributed by atoms with Gasteiger partial charge >= 0.3 is 0 Å². The van der Waals surface area contributed by atoms with Crippen molar-refractivity contribution in [2.24, 2.45) is 18.7 Å². The zero-order valence-electron chi connectivity index (χ0n) is 14.5. The lowest BCUT2D eigenvalue weighted by molar-refractivity contribution is 0.0934. The minimum Gasteiger partial charge on any atom is -0.347 e. The van der Waals surface area contributed by atoms with Crippen molar-refractivity contribution in [2.45, 2.75) is 44.6 Å². The number of halogens is 1. The lowest BCUT2D eigenvalue weighted by atomic mass is 9.85. The molecule has 1 atom stereocenters. The van der Waals surface area contributed by atoms with E-state index in [1.807, 2.05) is 19.2 Å². The lowest BCUT2D eigenvalue weighted by Gasteiger charge is -2.26. The van der Waals surface area contributed by atoms with Crippen molar-refractivity contribution in [1.82, 2.24) is 15.1 Å². The highest BCUT2D eigenvalue weighted by molar-refractivity contribution is 7.18. The highest BCUT2D eigenvalue weighted by atomic mass is 35.5. The molecule has 2 aromatic heterocycles. The van der Waals surface area contributed by atoms with Crippen molar-refractivity contribution < 1.29 is 4.79 Å². The normalized spacial score (nSPS) is 16.8. The van der Waals surface area contributed by atoms with Crippen LogP contribution in [-0.2, 0) is 7.05 Å². The summed E-state index contributed by atoms with van der Waals surface area (Å²) in [5.74, 6) is 0.589. The molecule has 5 nitrogen and oxygen atoms in total. The highest BCUT2D eigenvalue weighted by Crippen LogP contribution is 2.35. The monoisotopic (exact) mass is 380 g/mol. The van der Waals surface area contributed by atoms with Crippen molar-refractivity contribution in [3.8, 4) is 11.3 Å². The van der Waals surface area contributed by atoms with Gasteiger partial charge in [-0.25, -0.2) is 0 Å². The molecule has 0 saturated heterocycles. The standard InChI is InChI=1S/C18H25ClN4OS/c1-23-15(7-8-21-23)14-10-16(25-17(14)19)18(24)22-13(11-20)9-12-5-3-2-4-6-12/h7-8,10,12-13H,2-6,9,11,20H2,1H3,(H,22,24)/t13-/m0/s1. The molecule has 25 heavy (non-hydrogen) atoms. The van der Waals surface area contributed by atoms with Crippen LogP contribution in [-0.4, -0.2) is 28.3 Å². The Hall–Kier alpha value is -1.37. The Kier molecular flexibility index (Phi) is 6.15. The Morgan fingerprint density at radius 1 is 1.48 bits per heavy atom. The average molecular weight is 381 g/mol. The van der Waals surface area contributed by atoms with Gasteiger partial charge in [0, 0.05) is 31.4 Å². The molecule has 0 bridgehead atoms. The van der Waals surface area contributed by atoms with E-state index in [9.17, 15) is 4.79 Å². The van der Waals surface area contributed by atoms with E-state index in [2.05, 4.69) is 10.4 Å². The minimum absolute atomic E-state index is 0.0247. The maximum absolute atomic E-state index is 12.6. The fraction of sp³-hybridized carbons (Fsp3) is 0.556. The van der Waals surface area contributed by atoms with Gasteiger partial charge in [0.15, 0.2) is 0 Å². The van der Waals surface area contributed by atoms with Gasteiger partial charge in [0.1, 0.15) is 4.34 Å². The molecule has 0 radical (unpaired) electrons. The molecule has 3 rings (SSSR count). The fourth-order valence-corrected chi connectivity index (χ4v) is 4.78. The second kappa shape index (κ2) is 8.34. The van der Waals surface area contributed by atoms with E-state index in [4.69, 9.17) is 17.3 Å². The third-order valence-electron chi connectivity index (χ3n) is 4.97. The number of rotatable bonds is 6. The summed E-state index contributed by atoms with van der Waals surface area (Å²) in [4.78, 5) is 13.3. The van der Waals surface area contributed by atoms with Crippen LogP contribution in [0.25, 0.3) is 11.3 Å².